The number of ether oxygens (including phenoxy) is 2. The maximum absolute atomic E-state index is 13.1. The number of rotatable bonds is 9. The number of nitrogens with zero attached hydrogens (tertiary/aromatic N) is 2. The molecular formula is C31H27N3O3. The fourth-order valence-corrected chi connectivity index (χ4v) is 4.07. The van der Waals surface area contributed by atoms with Crippen LogP contribution < -0.4 is 14.8 Å². The molecule has 0 aliphatic rings. The number of hydrogen-bond donors (Lipinski definition) is 1. The number of amides is 1. The summed E-state index contributed by atoms with van der Waals surface area (Å²) >= 11 is 0. The first-order chi connectivity index (χ1) is 18.2. The number of para-hydroxylation sites is 3. The zero-order chi connectivity index (χ0) is 25.5. The molecule has 0 unspecified atom stereocenters. The zero-order valence-electron chi connectivity index (χ0n) is 20.5. The normalized spacial score (nSPS) is 10.6. The number of methoxy groups -OCH3 is 1. The first-order valence-corrected chi connectivity index (χ1v) is 12.0. The predicted molar refractivity (Wildman–Crippen MR) is 144 cm³/mol. The van der Waals surface area contributed by atoms with Gasteiger partial charge in [-0.05, 0) is 42.0 Å². The maximum atomic E-state index is 13.1. The first kappa shape index (κ1) is 23.9. The highest BCUT2D eigenvalue weighted by atomic mass is 16.5. The Morgan fingerprint density at radius 3 is 2.30 bits per heavy atom. The van der Waals surface area contributed by atoms with Crippen molar-refractivity contribution >= 4 is 5.91 Å². The van der Waals surface area contributed by atoms with Gasteiger partial charge in [0.15, 0.2) is 11.5 Å². The van der Waals surface area contributed by atoms with Gasteiger partial charge in [-0.15, -0.1) is 0 Å². The lowest BCUT2D eigenvalue weighted by molar-refractivity contribution is 0.0951. The van der Waals surface area contributed by atoms with Crippen LogP contribution in [0, 0.1) is 0 Å². The molecule has 6 nitrogen and oxygen atoms in total. The van der Waals surface area contributed by atoms with Crippen molar-refractivity contribution in [3.63, 3.8) is 0 Å². The van der Waals surface area contributed by atoms with Crippen LogP contribution in [0.2, 0.25) is 0 Å². The molecular weight excluding hydrogens is 462 g/mol. The number of benzene rings is 4. The Balaban J connectivity index is 1.31. The summed E-state index contributed by atoms with van der Waals surface area (Å²) in [5, 5.41) is 7.88. The summed E-state index contributed by atoms with van der Waals surface area (Å²) < 4.78 is 13.1. The lowest BCUT2D eigenvalue weighted by Crippen LogP contribution is -2.23. The van der Waals surface area contributed by atoms with E-state index in [9.17, 15) is 4.79 Å². The minimum absolute atomic E-state index is 0.161. The van der Waals surface area contributed by atoms with Crippen molar-refractivity contribution in [2.75, 3.05) is 7.11 Å². The molecule has 5 aromatic rings. The number of hydrogen-bond acceptors (Lipinski definition) is 4. The second kappa shape index (κ2) is 11.3. The third-order valence-electron chi connectivity index (χ3n) is 5.95. The molecule has 184 valence electrons. The van der Waals surface area contributed by atoms with Crippen molar-refractivity contribution in [3.05, 3.63) is 132 Å². The van der Waals surface area contributed by atoms with E-state index in [2.05, 4.69) is 5.32 Å². The Bertz CT molecular complexity index is 1480. The van der Waals surface area contributed by atoms with Crippen LogP contribution in [-0.4, -0.2) is 22.8 Å². The Labute approximate surface area is 216 Å². The lowest BCUT2D eigenvalue weighted by Gasteiger charge is -2.11. The van der Waals surface area contributed by atoms with Crippen molar-refractivity contribution in [2.45, 2.75) is 13.2 Å². The quantitative estimate of drug-likeness (QED) is 0.273. The Kier molecular flexibility index (Phi) is 7.27. The molecule has 4 aromatic carbocycles. The van der Waals surface area contributed by atoms with Crippen LogP contribution in [0.4, 0.5) is 0 Å². The van der Waals surface area contributed by atoms with Gasteiger partial charge in [0.1, 0.15) is 6.61 Å². The molecule has 0 aliphatic carbocycles. The number of nitrogens with one attached hydrogen (secondary N) is 1. The largest absolute Gasteiger partial charge is 0.493 e. The molecule has 1 amide bonds. The predicted octanol–water partition coefficient (Wildman–Crippen LogP) is 6.06. The number of carbonyl (C=O) groups excluding carboxylic acids is 1. The van der Waals surface area contributed by atoms with Crippen LogP contribution >= 0.6 is 0 Å². The second-order valence-corrected chi connectivity index (χ2v) is 8.47. The number of aromatic nitrogens is 2. The van der Waals surface area contributed by atoms with Gasteiger partial charge in [-0.3, -0.25) is 4.79 Å². The minimum atomic E-state index is -0.161. The van der Waals surface area contributed by atoms with Crippen molar-refractivity contribution in [1.29, 1.82) is 0 Å². The van der Waals surface area contributed by atoms with Gasteiger partial charge in [0.05, 0.1) is 18.5 Å². The molecule has 0 bridgehead atoms. The van der Waals surface area contributed by atoms with Crippen molar-refractivity contribution < 1.29 is 14.3 Å². The van der Waals surface area contributed by atoms with E-state index in [-0.39, 0.29) is 5.91 Å². The van der Waals surface area contributed by atoms with E-state index in [4.69, 9.17) is 14.6 Å². The molecule has 1 aromatic heterocycles. The second-order valence-electron chi connectivity index (χ2n) is 8.47. The van der Waals surface area contributed by atoms with E-state index < -0.39 is 0 Å². The van der Waals surface area contributed by atoms with Gasteiger partial charge in [-0.25, -0.2) is 4.68 Å². The molecule has 0 saturated carbocycles. The molecule has 0 radical (unpaired) electrons. The average Bonchev–Trinajstić information content (AvgIpc) is 3.40. The minimum Gasteiger partial charge on any atom is -0.493 e. The molecule has 0 fully saturated rings. The summed E-state index contributed by atoms with van der Waals surface area (Å²) in [6, 6.07) is 34.9. The van der Waals surface area contributed by atoms with Crippen LogP contribution in [0.1, 0.15) is 21.5 Å². The van der Waals surface area contributed by atoms with E-state index in [1.54, 1.807) is 13.2 Å². The Morgan fingerprint density at radius 1 is 0.838 bits per heavy atom. The van der Waals surface area contributed by atoms with Crippen LogP contribution in [0.15, 0.2) is 115 Å². The smallest absolute Gasteiger partial charge is 0.251 e. The van der Waals surface area contributed by atoms with Gasteiger partial charge in [0.25, 0.3) is 5.91 Å². The first-order valence-electron chi connectivity index (χ1n) is 12.0. The third kappa shape index (κ3) is 5.70. The molecule has 0 saturated heterocycles. The lowest BCUT2D eigenvalue weighted by atomic mass is 10.1. The molecule has 5 rings (SSSR count). The molecule has 6 heteroatoms. The zero-order valence-corrected chi connectivity index (χ0v) is 20.5. The van der Waals surface area contributed by atoms with Crippen LogP contribution in [0.3, 0.4) is 0 Å². The SMILES string of the molecule is COc1ccccc1OCc1cccc(C(=O)NCc2cn(-c3ccccc3)nc2-c2ccccc2)c1. The highest BCUT2D eigenvalue weighted by Crippen LogP contribution is 2.27. The highest BCUT2D eigenvalue weighted by Gasteiger charge is 2.14. The summed E-state index contributed by atoms with van der Waals surface area (Å²) in [6.45, 7) is 0.668. The maximum Gasteiger partial charge on any atom is 0.251 e. The van der Waals surface area contributed by atoms with Gasteiger partial charge < -0.3 is 14.8 Å². The molecule has 0 atom stereocenters. The highest BCUT2D eigenvalue weighted by molar-refractivity contribution is 5.94. The summed E-state index contributed by atoms with van der Waals surface area (Å²) in [6.07, 6.45) is 1.97. The summed E-state index contributed by atoms with van der Waals surface area (Å²) in [4.78, 5) is 13.1. The standard InChI is InChI=1S/C31H27N3O3/c1-36-28-17-8-9-18-29(28)37-22-23-11-10-14-25(19-23)31(35)32-20-26-21-34(27-15-6-3-7-16-27)33-30(26)24-12-4-2-5-13-24/h2-19,21H,20,22H2,1H3,(H,32,35). The molecule has 0 spiro atoms. The monoisotopic (exact) mass is 489 g/mol. The van der Waals surface area contributed by atoms with E-state index in [0.29, 0.717) is 30.2 Å². The van der Waals surface area contributed by atoms with Gasteiger partial charge in [0, 0.05) is 29.4 Å². The Hall–Kier alpha value is -4.84. The Morgan fingerprint density at radius 2 is 1.54 bits per heavy atom. The summed E-state index contributed by atoms with van der Waals surface area (Å²) in [5.74, 6) is 1.16. The summed E-state index contributed by atoms with van der Waals surface area (Å²) in [5.41, 5.74) is 5.18. The van der Waals surface area contributed by atoms with E-state index in [0.717, 1.165) is 28.1 Å². The topological polar surface area (TPSA) is 65.4 Å². The van der Waals surface area contributed by atoms with E-state index >= 15 is 0 Å². The fourth-order valence-electron chi connectivity index (χ4n) is 4.07. The van der Waals surface area contributed by atoms with E-state index in [1.807, 2.05) is 114 Å². The molecule has 0 aliphatic heterocycles. The van der Waals surface area contributed by atoms with Crippen molar-refractivity contribution in [1.82, 2.24) is 15.1 Å². The third-order valence-corrected chi connectivity index (χ3v) is 5.95. The summed E-state index contributed by atoms with van der Waals surface area (Å²) in [7, 11) is 1.61. The van der Waals surface area contributed by atoms with Crippen LogP contribution in [0.25, 0.3) is 16.9 Å². The van der Waals surface area contributed by atoms with Crippen LogP contribution in [-0.2, 0) is 13.2 Å². The van der Waals surface area contributed by atoms with Gasteiger partial charge in [-0.2, -0.15) is 5.10 Å². The number of carbonyl (C=O) groups is 1. The van der Waals surface area contributed by atoms with E-state index in [1.165, 1.54) is 0 Å². The van der Waals surface area contributed by atoms with Gasteiger partial charge >= 0.3 is 0 Å². The van der Waals surface area contributed by atoms with Gasteiger partial charge in [0.2, 0.25) is 0 Å². The van der Waals surface area contributed by atoms with Crippen LogP contribution in [0.5, 0.6) is 11.5 Å². The molecule has 1 N–H and O–H groups in total. The molecule has 1 heterocycles. The average molecular weight is 490 g/mol. The fraction of sp³-hybridized carbons (Fsp3) is 0.0968. The molecule has 37 heavy (non-hydrogen) atoms. The van der Waals surface area contributed by atoms with Crippen molar-refractivity contribution in [2.24, 2.45) is 0 Å². The van der Waals surface area contributed by atoms with Gasteiger partial charge in [-0.1, -0.05) is 72.8 Å². The van der Waals surface area contributed by atoms with Crippen molar-refractivity contribution in [3.8, 4) is 28.4 Å².